The number of hydrogen-bond acceptors (Lipinski definition) is 7. The summed E-state index contributed by atoms with van der Waals surface area (Å²) < 4.78 is 0. The topological polar surface area (TPSA) is 201 Å². The average molecular weight is 682 g/mol. The third kappa shape index (κ3) is 31.5. The van der Waals surface area contributed by atoms with Gasteiger partial charge < -0.3 is 26.8 Å². The van der Waals surface area contributed by atoms with E-state index in [9.17, 15) is 29.1 Å². The summed E-state index contributed by atoms with van der Waals surface area (Å²) in [5.41, 5.74) is 10.4. The van der Waals surface area contributed by atoms with Crippen molar-refractivity contribution in [3.63, 3.8) is 0 Å². The second-order valence-corrected chi connectivity index (χ2v) is 12.3. The van der Waals surface area contributed by atoms with Gasteiger partial charge in [0, 0.05) is 19.3 Å². The van der Waals surface area contributed by atoms with Gasteiger partial charge in [0.2, 0.25) is 11.8 Å². The first kappa shape index (κ1) is 49.9. The van der Waals surface area contributed by atoms with Crippen molar-refractivity contribution < 1.29 is 39.3 Å². The molecule has 0 rings (SSSR count). The van der Waals surface area contributed by atoms with Gasteiger partial charge in [-0.3, -0.25) is 24.1 Å². The molecule has 0 aliphatic carbocycles. The summed E-state index contributed by atoms with van der Waals surface area (Å²) >= 11 is 0. The van der Waals surface area contributed by atoms with Gasteiger partial charge in [0.05, 0.1) is 0 Å². The molecule has 11 nitrogen and oxygen atoms in total. The van der Waals surface area contributed by atoms with Gasteiger partial charge in [0.25, 0.3) is 0 Å². The van der Waals surface area contributed by atoms with Gasteiger partial charge >= 0.3 is 47.5 Å². The maximum atomic E-state index is 12.9. The summed E-state index contributed by atoms with van der Waals surface area (Å²) in [6.45, 7) is 4.99. The first-order valence-electron chi connectivity index (χ1n) is 18.0. The molecule has 0 saturated heterocycles. The Morgan fingerprint density at radius 2 is 0.915 bits per heavy atom. The molecule has 0 spiro atoms. The van der Waals surface area contributed by atoms with E-state index in [4.69, 9.17) is 21.7 Å². The molecule has 2 amide bonds. The normalized spacial score (nSPS) is 11.8. The number of rotatable bonds is 30. The summed E-state index contributed by atoms with van der Waals surface area (Å²) in [5, 5.41) is 27.0. The van der Waals surface area contributed by atoms with Gasteiger partial charge in [-0.2, -0.15) is 0 Å². The van der Waals surface area contributed by atoms with Crippen molar-refractivity contribution in [2.45, 2.75) is 186 Å². The van der Waals surface area contributed by atoms with Crippen LogP contribution < -0.4 is 11.5 Å². The standard InChI is InChI=1S/C29H53NO6.C6H14N2O2.Na.H/c1-3-5-7-9-11-13-15-17-19-21-26(31)30(25(29(35)36)23-24-28(33)34)27(32)22-20-18-16-14-12-10-8-6-4-2;7-4-2-1-3-5(8)6(9)10;;/h25H,3-24H2,1-2H3,(H,33,34)(H,35,36);5H,1-4,7-8H2,(H,9,10);;. The Labute approximate surface area is 306 Å². The summed E-state index contributed by atoms with van der Waals surface area (Å²) in [6.07, 6.45) is 21.3. The van der Waals surface area contributed by atoms with E-state index >= 15 is 0 Å². The van der Waals surface area contributed by atoms with E-state index in [0.29, 0.717) is 25.8 Å². The van der Waals surface area contributed by atoms with Crippen molar-refractivity contribution in [2.24, 2.45) is 11.5 Å². The van der Waals surface area contributed by atoms with E-state index < -0.39 is 48.2 Å². The third-order valence-electron chi connectivity index (χ3n) is 8.04. The van der Waals surface area contributed by atoms with Crippen LogP contribution in [-0.2, 0) is 24.0 Å². The molecular weight excluding hydrogens is 613 g/mol. The van der Waals surface area contributed by atoms with Crippen LogP contribution in [0.25, 0.3) is 0 Å². The van der Waals surface area contributed by atoms with Crippen LogP contribution in [0.3, 0.4) is 0 Å². The minimum absolute atomic E-state index is 0. The SMILES string of the molecule is CCCCCCCCCCCC(=O)N(C(=O)CCCCCCCCCCC)C(CCC(=O)O)C(=O)O.NCCCCC(N)C(=O)O.[NaH]. The molecule has 0 fully saturated rings. The van der Waals surface area contributed by atoms with Crippen LogP contribution in [0.15, 0.2) is 0 Å². The van der Waals surface area contributed by atoms with Crippen LogP contribution in [0.4, 0.5) is 0 Å². The zero-order chi connectivity index (χ0) is 35.0. The molecule has 0 radical (unpaired) electrons. The van der Waals surface area contributed by atoms with Crippen molar-refractivity contribution in [1.82, 2.24) is 4.90 Å². The molecule has 47 heavy (non-hydrogen) atoms. The number of amides is 2. The van der Waals surface area contributed by atoms with Gasteiger partial charge in [0.1, 0.15) is 12.1 Å². The molecule has 0 aliphatic rings. The fourth-order valence-corrected chi connectivity index (χ4v) is 5.16. The molecule has 2 unspecified atom stereocenters. The van der Waals surface area contributed by atoms with Gasteiger partial charge in [0.15, 0.2) is 0 Å². The van der Waals surface area contributed by atoms with E-state index in [2.05, 4.69) is 13.8 Å². The number of carboxylic acid groups (broad SMARTS) is 3. The molecule has 0 aromatic rings. The van der Waals surface area contributed by atoms with Crippen LogP contribution in [-0.4, -0.2) is 98.1 Å². The molecule has 7 N–H and O–H groups in total. The van der Waals surface area contributed by atoms with E-state index in [-0.39, 0.29) is 48.8 Å². The number of unbranched alkanes of at least 4 members (excludes halogenated alkanes) is 17. The number of aliphatic carboxylic acids is 3. The number of carbonyl (C=O) groups is 5. The quantitative estimate of drug-likeness (QED) is 0.0418. The van der Waals surface area contributed by atoms with E-state index in [1.165, 1.54) is 64.2 Å². The molecule has 0 saturated carbocycles. The number of hydrogen-bond donors (Lipinski definition) is 5. The van der Waals surface area contributed by atoms with Gasteiger partial charge in [-0.05, 0) is 38.6 Å². The van der Waals surface area contributed by atoms with Crippen LogP contribution >= 0.6 is 0 Å². The number of imide groups is 1. The molecule has 2 atom stereocenters. The van der Waals surface area contributed by atoms with Gasteiger partial charge in [-0.1, -0.05) is 123 Å². The zero-order valence-corrected chi connectivity index (χ0v) is 29.0. The minimum atomic E-state index is -1.42. The second-order valence-electron chi connectivity index (χ2n) is 12.3. The molecule has 0 aliphatic heterocycles. The molecule has 0 aromatic carbocycles. The summed E-state index contributed by atoms with van der Waals surface area (Å²) in [6, 6.07) is -2.13. The van der Waals surface area contributed by atoms with Crippen molar-refractivity contribution in [1.29, 1.82) is 0 Å². The van der Waals surface area contributed by atoms with Crippen LogP contribution in [0.2, 0.25) is 0 Å². The predicted molar refractivity (Wildman–Crippen MR) is 190 cm³/mol. The van der Waals surface area contributed by atoms with E-state index in [0.717, 1.165) is 56.3 Å². The van der Waals surface area contributed by atoms with Crippen molar-refractivity contribution in [3.05, 3.63) is 0 Å². The number of nitrogens with zero attached hydrogens (tertiary/aromatic N) is 1. The molecular formula is C35H68N3NaO8. The van der Waals surface area contributed by atoms with Gasteiger partial charge in [-0.25, -0.2) is 4.79 Å². The van der Waals surface area contributed by atoms with Crippen LogP contribution in [0, 0.1) is 0 Å². The molecule has 12 heteroatoms. The first-order chi connectivity index (χ1) is 22.0. The Hall–Kier alpha value is -1.53. The Kier molecular flexibility index (Phi) is 37.9. The summed E-state index contributed by atoms with van der Waals surface area (Å²) in [7, 11) is 0. The Balaban J connectivity index is -0.00000151. The third-order valence-corrected chi connectivity index (χ3v) is 8.04. The zero-order valence-electron chi connectivity index (χ0n) is 29.0. The van der Waals surface area contributed by atoms with Gasteiger partial charge in [-0.15, -0.1) is 0 Å². The van der Waals surface area contributed by atoms with Crippen LogP contribution in [0.1, 0.15) is 174 Å². The number of carboxylic acids is 3. The van der Waals surface area contributed by atoms with Crippen molar-refractivity contribution >= 4 is 59.3 Å². The Morgan fingerprint density at radius 1 is 0.532 bits per heavy atom. The first-order valence-corrected chi connectivity index (χ1v) is 18.0. The summed E-state index contributed by atoms with van der Waals surface area (Å²) in [5.74, 6) is -4.37. The van der Waals surface area contributed by atoms with E-state index in [1.54, 1.807) is 0 Å². The predicted octanol–water partition coefficient (Wildman–Crippen LogP) is 6.38. The molecule has 0 heterocycles. The maximum absolute atomic E-state index is 12.9. The fourth-order valence-electron chi connectivity index (χ4n) is 5.16. The second kappa shape index (κ2) is 35.8. The number of nitrogens with two attached hydrogens (primary N) is 2. The monoisotopic (exact) mass is 681 g/mol. The van der Waals surface area contributed by atoms with Crippen molar-refractivity contribution in [3.8, 4) is 0 Å². The van der Waals surface area contributed by atoms with Crippen LogP contribution in [0.5, 0.6) is 0 Å². The Bertz CT molecular complexity index is 782. The number of carbonyl (C=O) groups excluding carboxylic acids is 2. The molecule has 0 aromatic heterocycles. The molecule has 272 valence electrons. The fraction of sp³-hybridized carbons (Fsp3) is 0.857. The van der Waals surface area contributed by atoms with Crippen molar-refractivity contribution in [2.75, 3.05) is 6.54 Å². The Morgan fingerprint density at radius 3 is 1.23 bits per heavy atom. The average Bonchev–Trinajstić information content (AvgIpc) is 3.01. The van der Waals surface area contributed by atoms with E-state index in [1.807, 2.05) is 0 Å². The summed E-state index contributed by atoms with van der Waals surface area (Å²) in [4.78, 5) is 59.8. The molecule has 0 bridgehead atoms.